The number of fused-ring (bicyclic) bond motifs is 1. The number of benzene rings is 2. The van der Waals surface area contributed by atoms with E-state index in [4.69, 9.17) is 11.6 Å². The second-order valence-corrected chi connectivity index (χ2v) is 8.57. The molecule has 0 bridgehead atoms. The smallest absolute Gasteiger partial charge is 0.227 e. The Balaban J connectivity index is 1.26. The first-order valence-corrected chi connectivity index (χ1v) is 11.2. The minimum Gasteiger partial charge on any atom is -0.357 e. The maximum Gasteiger partial charge on any atom is 0.227 e. The topological polar surface area (TPSA) is 48.5 Å². The standard InChI is InChI=1S/C25H25ClN4O/c26-20-9-10-24(27-17-20)29-14-11-19(12-15-29)25(31)28-21-6-2-4-8-23(21)30-16-13-18-5-1-3-7-22(18)30/h1-10,17,19H,11-16H2,(H,28,31). The first kappa shape index (κ1) is 19.9. The van der Waals surface area contributed by atoms with Crippen LogP contribution < -0.4 is 15.1 Å². The zero-order chi connectivity index (χ0) is 21.2. The van der Waals surface area contributed by atoms with Crippen LogP contribution in [0, 0.1) is 5.92 Å². The van der Waals surface area contributed by atoms with E-state index < -0.39 is 0 Å². The van der Waals surface area contributed by atoms with E-state index >= 15 is 0 Å². The fourth-order valence-electron chi connectivity index (χ4n) is 4.56. The van der Waals surface area contributed by atoms with Crippen LogP contribution in [0.1, 0.15) is 18.4 Å². The normalized spacial score (nSPS) is 16.3. The third-order valence-electron chi connectivity index (χ3n) is 6.24. The highest BCUT2D eigenvalue weighted by atomic mass is 35.5. The zero-order valence-corrected chi connectivity index (χ0v) is 18.1. The van der Waals surface area contributed by atoms with Crippen molar-refractivity contribution in [2.45, 2.75) is 19.3 Å². The van der Waals surface area contributed by atoms with Crippen LogP contribution >= 0.6 is 11.6 Å². The number of rotatable bonds is 4. The van der Waals surface area contributed by atoms with Gasteiger partial charge in [0.2, 0.25) is 5.91 Å². The summed E-state index contributed by atoms with van der Waals surface area (Å²) in [6.45, 7) is 2.56. The fraction of sp³-hybridized carbons (Fsp3) is 0.280. The number of hydrogen-bond acceptors (Lipinski definition) is 4. The molecule has 5 nitrogen and oxygen atoms in total. The summed E-state index contributed by atoms with van der Waals surface area (Å²) in [5.74, 6) is 1.02. The lowest BCUT2D eigenvalue weighted by Crippen LogP contribution is -2.38. The Morgan fingerprint density at radius 2 is 1.68 bits per heavy atom. The van der Waals surface area contributed by atoms with Crippen LogP contribution in [0.5, 0.6) is 0 Å². The van der Waals surface area contributed by atoms with Crippen LogP contribution in [0.15, 0.2) is 66.9 Å². The summed E-state index contributed by atoms with van der Waals surface area (Å²) >= 11 is 5.94. The van der Waals surface area contributed by atoms with Crippen molar-refractivity contribution in [1.29, 1.82) is 0 Å². The van der Waals surface area contributed by atoms with Gasteiger partial charge in [0, 0.05) is 37.4 Å². The fourth-order valence-corrected chi connectivity index (χ4v) is 4.68. The average molecular weight is 433 g/mol. The molecule has 0 unspecified atom stereocenters. The predicted molar refractivity (Wildman–Crippen MR) is 126 cm³/mol. The first-order valence-electron chi connectivity index (χ1n) is 10.8. The lowest BCUT2D eigenvalue weighted by atomic mass is 9.95. The van der Waals surface area contributed by atoms with Gasteiger partial charge in [0.05, 0.1) is 16.4 Å². The Hall–Kier alpha value is -3.05. The van der Waals surface area contributed by atoms with Gasteiger partial charge in [0.1, 0.15) is 5.82 Å². The molecule has 6 heteroatoms. The summed E-state index contributed by atoms with van der Waals surface area (Å²) in [6, 6.07) is 20.4. The number of pyridine rings is 1. The molecule has 2 aliphatic rings. The van der Waals surface area contributed by atoms with E-state index in [1.165, 1.54) is 11.3 Å². The molecule has 0 radical (unpaired) electrons. The van der Waals surface area contributed by atoms with E-state index in [9.17, 15) is 4.79 Å². The second kappa shape index (κ2) is 8.60. The van der Waals surface area contributed by atoms with Gasteiger partial charge >= 0.3 is 0 Å². The maximum absolute atomic E-state index is 13.1. The molecule has 2 aliphatic heterocycles. The molecule has 0 atom stereocenters. The summed E-state index contributed by atoms with van der Waals surface area (Å²) in [5.41, 5.74) is 4.52. The second-order valence-electron chi connectivity index (χ2n) is 8.13. The minimum absolute atomic E-state index is 0.00229. The summed E-state index contributed by atoms with van der Waals surface area (Å²) in [7, 11) is 0. The Morgan fingerprint density at radius 1 is 0.935 bits per heavy atom. The van der Waals surface area contributed by atoms with Gasteiger partial charge in [-0.05, 0) is 55.2 Å². The molecule has 2 aromatic carbocycles. The predicted octanol–water partition coefficient (Wildman–Crippen LogP) is 5.28. The molecule has 0 saturated carbocycles. The first-order chi connectivity index (χ1) is 15.2. The van der Waals surface area contributed by atoms with Gasteiger partial charge in [0.15, 0.2) is 0 Å². The van der Waals surface area contributed by atoms with E-state index in [-0.39, 0.29) is 11.8 Å². The lowest BCUT2D eigenvalue weighted by Gasteiger charge is -2.32. The highest BCUT2D eigenvalue weighted by molar-refractivity contribution is 6.30. The van der Waals surface area contributed by atoms with E-state index in [1.54, 1.807) is 6.20 Å². The number of piperidine rings is 1. The third-order valence-corrected chi connectivity index (χ3v) is 6.46. The van der Waals surface area contributed by atoms with Gasteiger partial charge in [-0.25, -0.2) is 4.98 Å². The molecule has 0 spiro atoms. The van der Waals surface area contributed by atoms with Crippen LogP contribution in [0.25, 0.3) is 0 Å². The summed E-state index contributed by atoms with van der Waals surface area (Å²) < 4.78 is 0. The van der Waals surface area contributed by atoms with Crippen LogP contribution in [0.4, 0.5) is 22.9 Å². The van der Waals surface area contributed by atoms with Crippen LogP contribution in [-0.4, -0.2) is 30.5 Å². The largest absolute Gasteiger partial charge is 0.357 e. The number of anilines is 4. The van der Waals surface area contributed by atoms with E-state index in [2.05, 4.69) is 50.4 Å². The molecular formula is C25H25ClN4O. The molecule has 5 rings (SSSR count). The number of hydrogen-bond donors (Lipinski definition) is 1. The van der Waals surface area contributed by atoms with Crippen molar-refractivity contribution in [3.63, 3.8) is 0 Å². The van der Waals surface area contributed by atoms with Gasteiger partial charge in [-0.2, -0.15) is 0 Å². The highest BCUT2D eigenvalue weighted by Crippen LogP contribution is 2.38. The van der Waals surface area contributed by atoms with Crippen molar-refractivity contribution >= 4 is 40.4 Å². The molecule has 1 N–H and O–H groups in total. The Bertz CT molecular complexity index is 1080. The molecule has 3 heterocycles. The van der Waals surface area contributed by atoms with E-state index in [0.29, 0.717) is 5.02 Å². The monoisotopic (exact) mass is 432 g/mol. The Labute approximate surface area is 187 Å². The van der Waals surface area contributed by atoms with Crippen molar-refractivity contribution in [3.8, 4) is 0 Å². The minimum atomic E-state index is 0.00229. The molecule has 31 heavy (non-hydrogen) atoms. The zero-order valence-electron chi connectivity index (χ0n) is 17.3. The molecule has 158 valence electrons. The van der Waals surface area contributed by atoms with Gasteiger partial charge < -0.3 is 15.1 Å². The van der Waals surface area contributed by atoms with E-state index in [0.717, 1.165) is 56.1 Å². The number of carbonyl (C=O) groups is 1. The van der Waals surface area contributed by atoms with Crippen molar-refractivity contribution < 1.29 is 4.79 Å². The summed E-state index contributed by atoms with van der Waals surface area (Å²) in [6.07, 6.45) is 4.31. The lowest BCUT2D eigenvalue weighted by molar-refractivity contribution is -0.120. The number of halogens is 1. The van der Waals surface area contributed by atoms with Crippen molar-refractivity contribution in [3.05, 3.63) is 77.4 Å². The van der Waals surface area contributed by atoms with Gasteiger partial charge in [0.25, 0.3) is 0 Å². The van der Waals surface area contributed by atoms with E-state index in [1.807, 2.05) is 30.3 Å². The molecule has 3 aromatic rings. The SMILES string of the molecule is O=C(Nc1ccccc1N1CCc2ccccc21)C1CCN(c2ccc(Cl)cn2)CC1. The van der Waals surface area contributed by atoms with Crippen molar-refractivity contribution in [1.82, 2.24) is 4.98 Å². The molecule has 1 amide bonds. The average Bonchev–Trinajstić information content (AvgIpc) is 3.24. The Morgan fingerprint density at radius 3 is 2.45 bits per heavy atom. The summed E-state index contributed by atoms with van der Waals surface area (Å²) in [4.78, 5) is 22.0. The third kappa shape index (κ3) is 4.10. The number of aromatic nitrogens is 1. The molecule has 1 saturated heterocycles. The van der Waals surface area contributed by atoms with Crippen LogP contribution in [0.3, 0.4) is 0 Å². The van der Waals surface area contributed by atoms with Gasteiger partial charge in [-0.15, -0.1) is 0 Å². The molecule has 0 aliphatic carbocycles. The molecular weight excluding hydrogens is 408 g/mol. The summed E-state index contributed by atoms with van der Waals surface area (Å²) in [5, 5.41) is 3.85. The number of carbonyl (C=O) groups excluding carboxylic acids is 1. The van der Waals surface area contributed by atoms with Crippen LogP contribution in [-0.2, 0) is 11.2 Å². The van der Waals surface area contributed by atoms with Crippen molar-refractivity contribution in [2.75, 3.05) is 34.8 Å². The number of nitrogens with zero attached hydrogens (tertiary/aromatic N) is 3. The number of para-hydroxylation sites is 3. The molecule has 1 fully saturated rings. The van der Waals surface area contributed by atoms with Gasteiger partial charge in [-0.3, -0.25) is 4.79 Å². The number of amides is 1. The number of nitrogens with one attached hydrogen (secondary N) is 1. The highest BCUT2D eigenvalue weighted by Gasteiger charge is 2.27. The molecule has 1 aromatic heterocycles. The van der Waals surface area contributed by atoms with Gasteiger partial charge in [-0.1, -0.05) is 41.9 Å². The Kier molecular flexibility index (Phi) is 5.51. The maximum atomic E-state index is 13.1. The van der Waals surface area contributed by atoms with Crippen molar-refractivity contribution in [2.24, 2.45) is 5.92 Å². The quantitative estimate of drug-likeness (QED) is 0.609. The van der Waals surface area contributed by atoms with Crippen LogP contribution in [0.2, 0.25) is 5.02 Å².